The van der Waals surface area contributed by atoms with E-state index in [1.807, 2.05) is 36.4 Å². The predicted molar refractivity (Wildman–Crippen MR) is 108 cm³/mol. The summed E-state index contributed by atoms with van der Waals surface area (Å²) < 4.78 is 13.8. The van der Waals surface area contributed by atoms with Crippen molar-refractivity contribution in [1.82, 2.24) is 14.8 Å². The third-order valence-corrected chi connectivity index (χ3v) is 5.49. The van der Waals surface area contributed by atoms with Crippen LogP contribution < -0.4 is 9.47 Å². The van der Waals surface area contributed by atoms with E-state index in [1.165, 1.54) is 0 Å². The van der Waals surface area contributed by atoms with E-state index in [9.17, 15) is 0 Å². The molecule has 0 amide bonds. The molecule has 1 aromatic heterocycles. The first-order valence-electron chi connectivity index (χ1n) is 8.19. The molecule has 0 aliphatic carbocycles. The van der Waals surface area contributed by atoms with Gasteiger partial charge in [-0.25, -0.2) is 0 Å². The standard InChI is InChI=1S/C19H20BrN3O2S/c1-4-23-18(13-5-8-16(24-2)9-6-13)21-22-19(23)26-12-14-11-15(20)7-10-17(14)25-3/h5-11H,4,12H2,1-3H3. The zero-order valence-corrected chi connectivity index (χ0v) is 17.3. The number of hydrogen-bond acceptors (Lipinski definition) is 5. The summed E-state index contributed by atoms with van der Waals surface area (Å²) in [6, 6.07) is 13.9. The molecule has 1 heterocycles. The first kappa shape index (κ1) is 18.8. The molecule has 0 saturated carbocycles. The fraction of sp³-hybridized carbons (Fsp3) is 0.263. The molecule has 0 N–H and O–H groups in total. The Labute approximate surface area is 165 Å². The summed E-state index contributed by atoms with van der Waals surface area (Å²) in [5.41, 5.74) is 2.13. The number of rotatable bonds is 7. The highest BCUT2D eigenvalue weighted by molar-refractivity contribution is 9.10. The van der Waals surface area contributed by atoms with Gasteiger partial charge in [0.25, 0.3) is 0 Å². The third-order valence-electron chi connectivity index (χ3n) is 3.98. The van der Waals surface area contributed by atoms with Crippen molar-refractivity contribution < 1.29 is 9.47 Å². The molecule has 0 spiro atoms. The molecule has 3 rings (SSSR count). The predicted octanol–water partition coefficient (Wildman–Crippen LogP) is 5.04. The molecular weight excluding hydrogens is 414 g/mol. The summed E-state index contributed by atoms with van der Waals surface area (Å²) in [7, 11) is 3.35. The van der Waals surface area contributed by atoms with Crippen molar-refractivity contribution in [3.8, 4) is 22.9 Å². The Morgan fingerprint density at radius 3 is 2.46 bits per heavy atom. The van der Waals surface area contributed by atoms with Crippen molar-refractivity contribution in [2.75, 3.05) is 14.2 Å². The van der Waals surface area contributed by atoms with Gasteiger partial charge in [0.05, 0.1) is 14.2 Å². The minimum Gasteiger partial charge on any atom is -0.497 e. The lowest BCUT2D eigenvalue weighted by Crippen LogP contribution is -2.00. The fourth-order valence-electron chi connectivity index (χ4n) is 2.64. The molecule has 0 aliphatic rings. The Balaban J connectivity index is 1.83. The van der Waals surface area contributed by atoms with Crippen LogP contribution in [-0.2, 0) is 12.3 Å². The van der Waals surface area contributed by atoms with Crippen LogP contribution in [0.25, 0.3) is 11.4 Å². The lowest BCUT2D eigenvalue weighted by Gasteiger charge is -2.10. The lowest BCUT2D eigenvalue weighted by molar-refractivity contribution is 0.411. The van der Waals surface area contributed by atoms with Crippen LogP contribution in [-0.4, -0.2) is 29.0 Å². The van der Waals surface area contributed by atoms with Gasteiger partial charge in [-0.05, 0) is 49.4 Å². The van der Waals surface area contributed by atoms with E-state index in [0.717, 1.165) is 50.4 Å². The second kappa shape index (κ2) is 8.60. The van der Waals surface area contributed by atoms with Crippen LogP contribution in [0.1, 0.15) is 12.5 Å². The van der Waals surface area contributed by atoms with Gasteiger partial charge in [0.1, 0.15) is 11.5 Å². The number of thioether (sulfide) groups is 1. The molecule has 7 heteroatoms. The number of halogens is 1. The average molecular weight is 434 g/mol. The molecule has 0 radical (unpaired) electrons. The number of methoxy groups -OCH3 is 2. The van der Waals surface area contributed by atoms with Crippen LogP contribution in [0.3, 0.4) is 0 Å². The normalized spacial score (nSPS) is 10.8. The van der Waals surface area contributed by atoms with Crippen molar-refractivity contribution in [3.05, 3.63) is 52.5 Å². The maximum Gasteiger partial charge on any atom is 0.191 e. The van der Waals surface area contributed by atoms with E-state index in [1.54, 1.807) is 26.0 Å². The Morgan fingerprint density at radius 1 is 1.04 bits per heavy atom. The Bertz CT molecular complexity index is 881. The van der Waals surface area contributed by atoms with Crippen molar-refractivity contribution in [2.45, 2.75) is 24.4 Å². The van der Waals surface area contributed by atoms with Gasteiger partial charge in [0.15, 0.2) is 11.0 Å². The second-order valence-corrected chi connectivity index (χ2v) is 7.38. The van der Waals surface area contributed by atoms with Gasteiger partial charge < -0.3 is 14.0 Å². The molecule has 26 heavy (non-hydrogen) atoms. The van der Waals surface area contributed by atoms with Gasteiger partial charge in [0, 0.05) is 27.9 Å². The first-order chi connectivity index (χ1) is 12.7. The molecule has 0 aliphatic heterocycles. The topological polar surface area (TPSA) is 49.2 Å². The molecule has 5 nitrogen and oxygen atoms in total. The molecule has 0 fully saturated rings. The number of nitrogens with zero attached hydrogens (tertiary/aromatic N) is 3. The van der Waals surface area contributed by atoms with Crippen molar-refractivity contribution >= 4 is 27.7 Å². The average Bonchev–Trinajstić information content (AvgIpc) is 3.09. The van der Waals surface area contributed by atoms with E-state index < -0.39 is 0 Å². The zero-order valence-electron chi connectivity index (χ0n) is 14.9. The quantitative estimate of drug-likeness (QED) is 0.488. The van der Waals surface area contributed by atoms with Crippen molar-refractivity contribution in [3.63, 3.8) is 0 Å². The minimum atomic E-state index is 0.753. The van der Waals surface area contributed by atoms with Crippen LogP contribution in [0.4, 0.5) is 0 Å². The number of hydrogen-bond donors (Lipinski definition) is 0. The Morgan fingerprint density at radius 2 is 1.81 bits per heavy atom. The summed E-state index contributed by atoms with van der Waals surface area (Å²) in [6.07, 6.45) is 0. The summed E-state index contributed by atoms with van der Waals surface area (Å²) >= 11 is 5.17. The SMILES string of the molecule is CCn1c(SCc2cc(Br)ccc2OC)nnc1-c1ccc(OC)cc1. The van der Waals surface area contributed by atoms with E-state index in [0.29, 0.717) is 0 Å². The van der Waals surface area contributed by atoms with E-state index in [4.69, 9.17) is 9.47 Å². The van der Waals surface area contributed by atoms with Crippen LogP contribution in [0.5, 0.6) is 11.5 Å². The molecule has 3 aromatic rings. The molecule has 136 valence electrons. The second-order valence-electron chi connectivity index (χ2n) is 5.52. The van der Waals surface area contributed by atoms with Crippen molar-refractivity contribution in [1.29, 1.82) is 0 Å². The maximum absolute atomic E-state index is 5.45. The molecular formula is C19H20BrN3O2S. The van der Waals surface area contributed by atoms with Gasteiger partial charge in [-0.2, -0.15) is 0 Å². The van der Waals surface area contributed by atoms with Gasteiger partial charge in [-0.3, -0.25) is 0 Å². The van der Waals surface area contributed by atoms with E-state index >= 15 is 0 Å². The molecule has 2 aromatic carbocycles. The highest BCUT2D eigenvalue weighted by Gasteiger charge is 2.14. The highest BCUT2D eigenvalue weighted by Crippen LogP contribution is 2.31. The zero-order chi connectivity index (χ0) is 18.5. The largest absolute Gasteiger partial charge is 0.497 e. The summed E-state index contributed by atoms with van der Waals surface area (Å²) in [6.45, 7) is 2.90. The van der Waals surface area contributed by atoms with Crippen LogP contribution in [0, 0.1) is 0 Å². The van der Waals surface area contributed by atoms with Crippen molar-refractivity contribution in [2.24, 2.45) is 0 Å². The highest BCUT2D eigenvalue weighted by atomic mass is 79.9. The maximum atomic E-state index is 5.45. The monoisotopic (exact) mass is 433 g/mol. The Kier molecular flexibility index (Phi) is 6.21. The molecule has 0 atom stereocenters. The molecule has 0 unspecified atom stereocenters. The summed E-state index contributed by atoms with van der Waals surface area (Å²) in [4.78, 5) is 0. The molecule has 0 bridgehead atoms. The first-order valence-corrected chi connectivity index (χ1v) is 9.97. The van der Waals surface area contributed by atoms with Crippen LogP contribution >= 0.6 is 27.7 Å². The Hall–Kier alpha value is -1.99. The number of benzene rings is 2. The van der Waals surface area contributed by atoms with Crippen LogP contribution in [0.2, 0.25) is 0 Å². The van der Waals surface area contributed by atoms with E-state index in [2.05, 4.69) is 43.7 Å². The van der Waals surface area contributed by atoms with Gasteiger partial charge >= 0.3 is 0 Å². The number of aromatic nitrogens is 3. The summed E-state index contributed by atoms with van der Waals surface area (Å²) in [5.74, 6) is 3.31. The number of ether oxygens (including phenoxy) is 2. The summed E-state index contributed by atoms with van der Waals surface area (Å²) in [5, 5.41) is 9.68. The van der Waals surface area contributed by atoms with Gasteiger partial charge in [0.2, 0.25) is 0 Å². The minimum absolute atomic E-state index is 0.753. The van der Waals surface area contributed by atoms with Crippen LogP contribution in [0.15, 0.2) is 52.1 Å². The van der Waals surface area contributed by atoms with Gasteiger partial charge in [-0.15, -0.1) is 10.2 Å². The lowest BCUT2D eigenvalue weighted by atomic mass is 10.2. The third kappa shape index (κ3) is 4.04. The molecule has 0 saturated heterocycles. The van der Waals surface area contributed by atoms with E-state index in [-0.39, 0.29) is 0 Å². The van der Waals surface area contributed by atoms with Gasteiger partial charge in [-0.1, -0.05) is 27.7 Å². The fourth-order valence-corrected chi connectivity index (χ4v) is 4.03. The smallest absolute Gasteiger partial charge is 0.191 e.